The highest BCUT2D eigenvalue weighted by Crippen LogP contribution is 2.41. The van der Waals surface area contributed by atoms with Crippen LogP contribution in [0.5, 0.6) is 0 Å². The van der Waals surface area contributed by atoms with Gasteiger partial charge in [-0.25, -0.2) is 0 Å². The smallest absolute Gasteiger partial charge is 0.213 e. The van der Waals surface area contributed by atoms with E-state index in [9.17, 15) is 0 Å². The number of nitrogens with zero attached hydrogens (tertiary/aromatic N) is 2. The summed E-state index contributed by atoms with van der Waals surface area (Å²) in [5.74, 6) is 0. The van der Waals surface area contributed by atoms with Gasteiger partial charge < -0.3 is 13.4 Å². The van der Waals surface area contributed by atoms with Crippen LogP contribution in [0.1, 0.15) is 0 Å². The molecule has 8 aromatic carbocycles. The summed E-state index contributed by atoms with van der Waals surface area (Å²) < 4.78 is 17.5. The molecule has 0 unspecified atom stereocenters. The highest BCUT2D eigenvalue weighted by molar-refractivity contribution is 6.20. The number of aromatic nitrogens is 2. The van der Waals surface area contributed by atoms with Gasteiger partial charge in [0.1, 0.15) is 16.7 Å². The van der Waals surface area contributed by atoms with Crippen LogP contribution in [-0.4, -0.2) is 9.13 Å². The van der Waals surface area contributed by atoms with Crippen LogP contribution in [-0.2, 0) is 0 Å². The molecule has 0 bridgehead atoms. The maximum absolute atomic E-state index is 6.48. The fraction of sp³-hybridized carbons (Fsp3) is 0. The normalized spacial score (nSPS) is 12.1. The Balaban J connectivity index is 0.941. The van der Waals surface area contributed by atoms with Crippen LogP contribution in [0.4, 0.5) is 0 Å². The molecule has 12 aromatic rings. The fourth-order valence-electron chi connectivity index (χ4n) is 8.69. The van der Waals surface area contributed by atoms with Crippen molar-refractivity contribution in [3.05, 3.63) is 182 Å². The largest absolute Gasteiger partial charge is 0.455 e. The van der Waals surface area contributed by atoms with Gasteiger partial charge in [-0.1, -0.05) is 121 Å². The average Bonchev–Trinajstić information content (AvgIpc) is 3.98. The lowest BCUT2D eigenvalue weighted by molar-refractivity contribution is 0.645. The minimum Gasteiger partial charge on any atom is -0.455 e. The first-order valence-electron chi connectivity index (χ1n) is 18.3. The summed E-state index contributed by atoms with van der Waals surface area (Å²) in [5, 5.41) is 8.23. The van der Waals surface area contributed by atoms with Crippen molar-refractivity contribution in [2.75, 3.05) is 0 Å². The standard InChI is InChI=1S/C50H30N2O2/c1-5-16-43-37(10-1)42-30-33(31-20-25-35(26-21-31)52-44-17-6-2-12-40(44)48-41-13-4-8-19-47(41)54-50(48)52)24-29-45(42)51(43)34-27-22-32(23-28-34)36-14-9-15-39-38-11-3-7-18-46(38)53-49(36)39/h1-30H. The first kappa shape index (κ1) is 29.3. The predicted octanol–water partition coefficient (Wildman–Crippen LogP) is 13.9. The molecule has 0 saturated carbocycles. The lowest BCUT2D eigenvalue weighted by atomic mass is 10.0. The zero-order valence-corrected chi connectivity index (χ0v) is 29.0. The summed E-state index contributed by atoms with van der Waals surface area (Å²) >= 11 is 0. The van der Waals surface area contributed by atoms with Crippen molar-refractivity contribution in [1.82, 2.24) is 9.13 Å². The van der Waals surface area contributed by atoms with Gasteiger partial charge >= 0.3 is 0 Å². The highest BCUT2D eigenvalue weighted by atomic mass is 16.3. The van der Waals surface area contributed by atoms with Crippen LogP contribution < -0.4 is 0 Å². The number of para-hydroxylation sites is 5. The molecule has 0 atom stereocenters. The third-order valence-electron chi connectivity index (χ3n) is 11.2. The van der Waals surface area contributed by atoms with Gasteiger partial charge in [-0.05, 0) is 77.4 Å². The van der Waals surface area contributed by atoms with Gasteiger partial charge in [0.05, 0.1) is 21.9 Å². The molecule has 0 saturated heterocycles. The van der Waals surface area contributed by atoms with Gasteiger partial charge in [-0.2, -0.15) is 0 Å². The van der Waals surface area contributed by atoms with Crippen LogP contribution >= 0.6 is 0 Å². The van der Waals surface area contributed by atoms with E-state index in [1.54, 1.807) is 0 Å². The molecular formula is C50H30N2O2. The third kappa shape index (κ3) is 4.13. The minimum atomic E-state index is 0.874. The summed E-state index contributed by atoms with van der Waals surface area (Å²) in [7, 11) is 0. The first-order valence-corrected chi connectivity index (χ1v) is 18.3. The van der Waals surface area contributed by atoms with E-state index in [4.69, 9.17) is 8.83 Å². The van der Waals surface area contributed by atoms with Crippen LogP contribution in [0.2, 0.25) is 0 Å². The molecule has 0 amide bonds. The molecule has 4 heteroatoms. The second kappa shape index (κ2) is 11.1. The van der Waals surface area contributed by atoms with E-state index in [0.29, 0.717) is 0 Å². The van der Waals surface area contributed by atoms with Gasteiger partial charge in [0.25, 0.3) is 0 Å². The second-order valence-corrected chi connectivity index (χ2v) is 14.1. The Kier molecular flexibility index (Phi) is 6.02. The molecule has 12 rings (SSSR count). The van der Waals surface area contributed by atoms with E-state index in [2.05, 4.69) is 167 Å². The van der Waals surface area contributed by atoms with Gasteiger partial charge in [0, 0.05) is 49.3 Å². The quantitative estimate of drug-likeness (QED) is 0.184. The van der Waals surface area contributed by atoms with E-state index in [-0.39, 0.29) is 0 Å². The molecule has 4 nitrogen and oxygen atoms in total. The zero-order valence-electron chi connectivity index (χ0n) is 29.0. The third-order valence-corrected chi connectivity index (χ3v) is 11.2. The molecule has 252 valence electrons. The van der Waals surface area contributed by atoms with Gasteiger partial charge in [-0.3, -0.25) is 4.57 Å². The Bertz CT molecular complexity index is 3430. The Hall–Kier alpha value is -7.30. The van der Waals surface area contributed by atoms with E-state index < -0.39 is 0 Å². The summed E-state index contributed by atoms with van der Waals surface area (Å²) in [6.07, 6.45) is 0. The molecule has 0 aliphatic carbocycles. The van der Waals surface area contributed by atoms with Gasteiger partial charge in [0.15, 0.2) is 0 Å². The molecule has 0 radical (unpaired) electrons. The lowest BCUT2D eigenvalue weighted by Gasteiger charge is -2.10. The van der Waals surface area contributed by atoms with Crippen molar-refractivity contribution in [2.45, 2.75) is 0 Å². The molecule has 4 heterocycles. The van der Waals surface area contributed by atoms with Crippen molar-refractivity contribution in [1.29, 1.82) is 0 Å². The molecule has 0 spiro atoms. The lowest BCUT2D eigenvalue weighted by Crippen LogP contribution is -1.94. The Morgan fingerprint density at radius 1 is 0.333 bits per heavy atom. The van der Waals surface area contributed by atoms with E-state index in [0.717, 1.165) is 72.0 Å². The van der Waals surface area contributed by atoms with Gasteiger partial charge in [0.2, 0.25) is 5.71 Å². The van der Waals surface area contributed by atoms with E-state index in [1.807, 2.05) is 24.3 Å². The maximum Gasteiger partial charge on any atom is 0.213 e. The number of furan rings is 2. The number of benzene rings is 8. The summed E-state index contributed by atoms with van der Waals surface area (Å²) in [6, 6.07) is 64.8. The minimum absolute atomic E-state index is 0.874. The van der Waals surface area contributed by atoms with Crippen LogP contribution in [0, 0.1) is 0 Å². The number of hydrogen-bond acceptors (Lipinski definition) is 2. The van der Waals surface area contributed by atoms with E-state index >= 15 is 0 Å². The van der Waals surface area contributed by atoms with Gasteiger partial charge in [-0.15, -0.1) is 0 Å². The van der Waals surface area contributed by atoms with Crippen LogP contribution in [0.3, 0.4) is 0 Å². The fourth-order valence-corrected chi connectivity index (χ4v) is 8.69. The van der Waals surface area contributed by atoms with Crippen LogP contribution in [0.25, 0.3) is 110 Å². The van der Waals surface area contributed by atoms with Crippen molar-refractivity contribution >= 4 is 76.7 Å². The molecular weight excluding hydrogens is 661 g/mol. The molecule has 54 heavy (non-hydrogen) atoms. The Morgan fingerprint density at radius 2 is 0.889 bits per heavy atom. The van der Waals surface area contributed by atoms with Crippen molar-refractivity contribution in [3.63, 3.8) is 0 Å². The SMILES string of the molecule is c1ccc2c(c1)oc1c(-c3ccc(-n4c5ccccc5c5cc(-c6ccc(-n7c8ccccc8c8c9ccccc9oc87)cc6)ccc54)cc3)cccc12. The summed E-state index contributed by atoms with van der Waals surface area (Å²) in [4.78, 5) is 0. The van der Waals surface area contributed by atoms with E-state index in [1.165, 1.54) is 38.3 Å². The van der Waals surface area contributed by atoms with Crippen molar-refractivity contribution in [2.24, 2.45) is 0 Å². The Labute approximate surface area is 309 Å². The topological polar surface area (TPSA) is 36.1 Å². The number of rotatable bonds is 4. The van der Waals surface area contributed by atoms with Crippen LogP contribution in [0.15, 0.2) is 191 Å². The average molecular weight is 691 g/mol. The summed E-state index contributed by atoms with van der Waals surface area (Å²) in [5.41, 5.74) is 13.9. The highest BCUT2D eigenvalue weighted by Gasteiger charge is 2.19. The molecule has 0 fully saturated rings. The monoisotopic (exact) mass is 690 g/mol. The molecule has 0 aliphatic heterocycles. The number of hydrogen-bond donors (Lipinski definition) is 0. The summed E-state index contributed by atoms with van der Waals surface area (Å²) in [6.45, 7) is 0. The first-order chi connectivity index (χ1) is 26.8. The van der Waals surface area contributed by atoms with Crippen molar-refractivity contribution < 1.29 is 8.83 Å². The molecule has 0 N–H and O–H groups in total. The number of fused-ring (bicyclic) bond motifs is 11. The maximum atomic E-state index is 6.48. The Morgan fingerprint density at radius 3 is 1.67 bits per heavy atom. The second-order valence-electron chi connectivity index (χ2n) is 14.1. The zero-order chi connectivity index (χ0) is 35.3. The molecule has 0 aliphatic rings. The molecule has 4 aromatic heterocycles. The predicted molar refractivity (Wildman–Crippen MR) is 223 cm³/mol. The van der Waals surface area contributed by atoms with Crippen molar-refractivity contribution in [3.8, 4) is 33.6 Å².